The van der Waals surface area contributed by atoms with Crippen LogP contribution in [0, 0.1) is 5.92 Å². The first-order valence-corrected chi connectivity index (χ1v) is 6.55. The molecule has 0 aromatic heterocycles. The SMILES string of the molecule is CCN1CCC(CNC(=O)C(C)(C)OC)CC1. The van der Waals surface area contributed by atoms with Gasteiger partial charge in [-0.2, -0.15) is 0 Å². The van der Waals surface area contributed by atoms with Gasteiger partial charge in [0.05, 0.1) is 0 Å². The predicted molar refractivity (Wildman–Crippen MR) is 68.9 cm³/mol. The second-order valence-electron chi connectivity index (χ2n) is 5.30. The van der Waals surface area contributed by atoms with Crippen molar-refractivity contribution in [1.29, 1.82) is 0 Å². The average molecular weight is 242 g/mol. The summed E-state index contributed by atoms with van der Waals surface area (Å²) in [5.41, 5.74) is -0.718. The van der Waals surface area contributed by atoms with Gasteiger partial charge in [0, 0.05) is 13.7 Å². The van der Waals surface area contributed by atoms with Crippen molar-refractivity contribution in [3.05, 3.63) is 0 Å². The van der Waals surface area contributed by atoms with Crippen LogP contribution in [0.4, 0.5) is 0 Å². The summed E-state index contributed by atoms with van der Waals surface area (Å²) in [6.07, 6.45) is 2.36. The molecule has 0 bridgehead atoms. The average Bonchev–Trinajstić information content (AvgIpc) is 2.36. The van der Waals surface area contributed by atoms with E-state index in [0.29, 0.717) is 5.92 Å². The van der Waals surface area contributed by atoms with Crippen molar-refractivity contribution in [2.75, 3.05) is 33.3 Å². The zero-order valence-corrected chi connectivity index (χ0v) is 11.6. The largest absolute Gasteiger partial charge is 0.369 e. The molecule has 1 N–H and O–H groups in total. The third kappa shape index (κ3) is 4.28. The van der Waals surface area contributed by atoms with Gasteiger partial charge in [0.1, 0.15) is 5.60 Å². The Morgan fingerprint density at radius 3 is 2.47 bits per heavy atom. The number of rotatable bonds is 5. The Morgan fingerprint density at radius 1 is 1.41 bits per heavy atom. The fourth-order valence-corrected chi connectivity index (χ4v) is 2.05. The van der Waals surface area contributed by atoms with Crippen LogP contribution >= 0.6 is 0 Å². The van der Waals surface area contributed by atoms with Gasteiger partial charge in [0.2, 0.25) is 0 Å². The minimum atomic E-state index is -0.718. The maximum atomic E-state index is 11.8. The molecule has 0 aromatic carbocycles. The summed E-state index contributed by atoms with van der Waals surface area (Å²) < 4.78 is 5.15. The van der Waals surface area contributed by atoms with E-state index < -0.39 is 5.60 Å². The quantitative estimate of drug-likeness (QED) is 0.789. The highest BCUT2D eigenvalue weighted by atomic mass is 16.5. The van der Waals surface area contributed by atoms with E-state index in [1.54, 1.807) is 21.0 Å². The molecule has 4 nitrogen and oxygen atoms in total. The number of hydrogen-bond acceptors (Lipinski definition) is 3. The van der Waals surface area contributed by atoms with Crippen LogP contribution in [0.1, 0.15) is 33.6 Å². The maximum absolute atomic E-state index is 11.8. The molecular formula is C13H26N2O2. The number of amides is 1. The lowest BCUT2D eigenvalue weighted by Gasteiger charge is -2.31. The van der Waals surface area contributed by atoms with E-state index in [4.69, 9.17) is 4.74 Å². The first-order valence-electron chi connectivity index (χ1n) is 6.55. The Labute approximate surface area is 105 Å². The molecule has 1 heterocycles. The van der Waals surface area contributed by atoms with Gasteiger partial charge in [0.25, 0.3) is 5.91 Å². The molecule has 1 aliphatic heterocycles. The Kier molecular flexibility index (Phi) is 5.40. The second kappa shape index (κ2) is 6.36. The maximum Gasteiger partial charge on any atom is 0.251 e. The summed E-state index contributed by atoms with van der Waals surface area (Å²) >= 11 is 0. The molecule has 0 atom stereocenters. The van der Waals surface area contributed by atoms with Crippen LogP contribution in [0.15, 0.2) is 0 Å². The molecule has 1 saturated heterocycles. The highest BCUT2D eigenvalue weighted by Gasteiger charge is 2.27. The van der Waals surface area contributed by atoms with E-state index >= 15 is 0 Å². The van der Waals surface area contributed by atoms with E-state index in [0.717, 1.165) is 26.2 Å². The summed E-state index contributed by atoms with van der Waals surface area (Å²) in [5.74, 6) is 0.604. The number of carbonyl (C=O) groups excluding carboxylic acids is 1. The lowest BCUT2D eigenvalue weighted by molar-refractivity contribution is -0.139. The first-order chi connectivity index (χ1) is 7.99. The fourth-order valence-electron chi connectivity index (χ4n) is 2.05. The van der Waals surface area contributed by atoms with Crippen molar-refractivity contribution in [1.82, 2.24) is 10.2 Å². The van der Waals surface area contributed by atoms with Crippen LogP contribution in [0.25, 0.3) is 0 Å². The molecule has 1 amide bonds. The van der Waals surface area contributed by atoms with Crippen LogP contribution in [0.2, 0.25) is 0 Å². The van der Waals surface area contributed by atoms with Crippen LogP contribution in [0.5, 0.6) is 0 Å². The number of nitrogens with one attached hydrogen (secondary N) is 1. The van der Waals surface area contributed by atoms with Crippen molar-refractivity contribution in [3.8, 4) is 0 Å². The number of methoxy groups -OCH3 is 1. The van der Waals surface area contributed by atoms with Crippen LogP contribution in [0.3, 0.4) is 0 Å². The predicted octanol–water partition coefficient (Wildman–Crippen LogP) is 1.26. The van der Waals surface area contributed by atoms with Crippen molar-refractivity contribution in [2.45, 2.75) is 39.2 Å². The van der Waals surface area contributed by atoms with Gasteiger partial charge in [0.15, 0.2) is 0 Å². The van der Waals surface area contributed by atoms with E-state index in [-0.39, 0.29) is 5.91 Å². The Hall–Kier alpha value is -0.610. The molecule has 100 valence electrons. The zero-order valence-electron chi connectivity index (χ0n) is 11.6. The smallest absolute Gasteiger partial charge is 0.251 e. The van der Waals surface area contributed by atoms with Gasteiger partial charge >= 0.3 is 0 Å². The molecule has 0 radical (unpaired) electrons. The minimum absolute atomic E-state index is 0.0158. The molecule has 17 heavy (non-hydrogen) atoms. The fraction of sp³-hybridized carbons (Fsp3) is 0.923. The zero-order chi connectivity index (χ0) is 12.9. The highest BCUT2D eigenvalue weighted by Crippen LogP contribution is 2.16. The summed E-state index contributed by atoms with van der Waals surface area (Å²) in [6.45, 7) is 10.0. The van der Waals surface area contributed by atoms with Gasteiger partial charge < -0.3 is 15.0 Å². The third-order valence-electron chi connectivity index (χ3n) is 3.76. The molecule has 4 heteroatoms. The molecule has 1 aliphatic rings. The Bertz CT molecular complexity index is 246. The topological polar surface area (TPSA) is 41.6 Å². The Balaban J connectivity index is 2.26. The van der Waals surface area contributed by atoms with Crippen molar-refractivity contribution in [2.24, 2.45) is 5.92 Å². The number of likely N-dealkylation sites (tertiary alicyclic amines) is 1. The molecule has 1 rings (SSSR count). The highest BCUT2D eigenvalue weighted by molar-refractivity contribution is 5.84. The number of carbonyl (C=O) groups is 1. The summed E-state index contributed by atoms with van der Waals surface area (Å²) in [6, 6.07) is 0. The molecular weight excluding hydrogens is 216 g/mol. The molecule has 0 aliphatic carbocycles. The summed E-state index contributed by atoms with van der Waals surface area (Å²) in [4.78, 5) is 14.3. The van der Waals surface area contributed by atoms with Gasteiger partial charge in [-0.05, 0) is 52.2 Å². The van der Waals surface area contributed by atoms with Crippen LogP contribution in [-0.2, 0) is 9.53 Å². The van der Waals surface area contributed by atoms with Crippen molar-refractivity contribution in [3.63, 3.8) is 0 Å². The number of piperidine rings is 1. The number of hydrogen-bond donors (Lipinski definition) is 1. The van der Waals surface area contributed by atoms with E-state index in [9.17, 15) is 4.79 Å². The standard InChI is InChI=1S/C13H26N2O2/c1-5-15-8-6-11(7-9-15)10-14-12(16)13(2,3)17-4/h11H,5-10H2,1-4H3,(H,14,16). The number of ether oxygens (including phenoxy) is 1. The van der Waals surface area contributed by atoms with E-state index in [1.807, 2.05) is 0 Å². The van der Waals surface area contributed by atoms with E-state index in [2.05, 4.69) is 17.1 Å². The monoisotopic (exact) mass is 242 g/mol. The van der Waals surface area contributed by atoms with Crippen molar-refractivity contribution >= 4 is 5.91 Å². The molecule has 0 aromatic rings. The summed E-state index contributed by atoms with van der Waals surface area (Å²) in [5, 5.41) is 2.99. The van der Waals surface area contributed by atoms with Gasteiger partial charge in [-0.25, -0.2) is 0 Å². The molecule has 0 unspecified atom stereocenters. The normalized spacial score (nSPS) is 19.3. The lowest BCUT2D eigenvalue weighted by atomic mass is 9.96. The van der Waals surface area contributed by atoms with Gasteiger partial charge in [-0.3, -0.25) is 4.79 Å². The van der Waals surface area contributed by atoms with Crippen LogP contribution < -0.4 is 5.32 Å². The molecule has 1 fully saturated rings. The molecule has 0 spiro atoms. The first kappa shape index (κ1) is 14.5. The second-order valence-corrected chi connectivity index (χ2v) is 5.30. The van der Waals surface area contributed by atoms with E-state index in [1.165, 1.54) is 12.8 Å². The van der Waals surface area contributed by atoms with Crippen LogP contribution in [-0.4, -0.2) is 49.7 Å². The Morgan fingerprint density at radius 2 is 2.00 bits per heavy atom. The van der Waals surface area contributed by atoms with Gasteiger partial charge in [-0.15, -0.1) is 0 Å². The third-order valence-corrected chi connectivity index (χ3v) is 3.76. The van der Waals surface area contributed by atoms with Crippen molar-refractivity contribution < 1.29 is 9.53 Å². The lowest BCUT2D eigenvalue weighted by Crippen LogP contribution is -2.46. The summed E-state index contributed by atoms with van der Waals surface area (Å²) in [7, 11) is 1.57. The van der Waals surface area contributed by atoms with Gasteiger partial charge in [-0.1, -0.05) is 6.92 Å². The minimum Gasteiger partial charge on any atom is -0.369 e. The molecule has 0 saturated carbocycles. The number of nitrogens with zero attached hydrogens (tertiary/aromatic N) is 1.